The molecule has 4 nitrogen and oxygen atoms in total. The molecule has 1 aliphatic rings. The van der Waals surface area contributed by atoms with E-state index in [4.69, 9.17) is 0 Å². The molecule has 1 atom stereocenters. The van der Waals surface area contributed by atoms with Crippen molar-refractivity contribution in [1.29, 1.82) is 0 Å². The van der Waals surface area contributed by atoms with Gasteiger partial charge in [0.25, 0.3) is 0 Å². The third-order valence-corrected chi connectivity index (χ3v) is 5.01. The van der Waals surface area contributed by atoms with E-state index in [0.717, 1.165) is 49.3 Å². The summed E-state index contributed by atoms with van der Waals surface area (Å²) in [7, 11) is 0. The quantitative estimate of drug-likeness (QED) is 0.781. The molecule has 0 spiro atoms. The summed E-state index contributed by atoms with van der Waals surface area (Å²) in [6.45, 7) is 6.02. The highest BCUT2D eigenvalue weighted by atomic mass is 19.1. The second kappa shape index (κ2) is 9.62. The van der Waals surface area contributed by atoms with Crippen molar-refractivity contribution in [2.75, 3.05) is 25.0 Å². The second-order valence-electron chi connectivity index (χ2n) is 7.13. The summed E-state index contributed by atoms with van der Waals surface area (Å²) in [5, 5.41) is 6.42. The number of carbonyl (C=O) groups excluding carboxylic acids is 1. The largest absolute Gasteiger partial charge is 0.326 e. The van der Waals surface area contributed by atoms with E-state index in [1.165, 1.54) is 6.07 Å². The van der Waals surface area contributed by atoms with E-state index in [1.54, 1.807) is 12.1 Å². The van der Waals surface area contributed by atoms with Crippen molar-refractivity contribution < 1.29 is 9.18 Å². The van der Waals surface area contributed by atoms with Gasteiger partial charge in [-0.2, -0.15) is 0 Å². The van der Waals surface area contributed by atoms with E-state index in [0.29, 0.717) is 13.1 Å². The summed E-state index contributed by atoms with van der Waals surface area (Å²) in [4.78, 5) is 15.1. The molecular formula is C22H28FN3O. The first-order chi connectivity index (χ1) is 13.2. The number of benzene rings is 2. The molecule has 0 saturated carbocycles. The normalized spacial score (nSPS) is 17.6. The van der Waals surface area contributed by atoms with Crippen molar-refractivity contribution in [3.05, 3.63) is 65.5 Å². The molecule has 2 aromatic rings. The van der Waals surface area contributed by atoms with Crippen LogP contribution in [0.1, 0.15) is 30.9 Å². The molecule has 1 heterocycles. The van der Waals surface area contributed by atoms with Crippen molar-refractivity contribution in [2.45, 2.75) is 32.9 Å². The van der Waals surface area contributed by atoms with Gasteiger partial charge in [-0.3, -0.25) is 9.69 Å². The zero-order chi connectivity index (χ0) is 19.1. The third kappa shape index (κ3) is 5.62. The number of para-hydroxylation sites is 1. The van der Waals surface area contributed by atoms with Gasteiger partial charge in [0.1, 0.15) is 5.82 Å². The molecule has 2 aromatic carbocycles. The number of anilines is 1. The molecule has 1 fully saturated rings. The molecular weight excluding hydrogens is 341 g/mol. The highest BCUT2D eigenvalue weighted by Crippen LogP contribution is 2.22. The van der Waals surface area contributed by atoms with E-state index < -0.39 is 0 Å². The minimum atomic E-state index is -0.212. The Kier molecular flexibility index (Phi) is 6.96. The summed E-state index contributed by atoms with van der Waals surface area (Å²) in [6.07, 6.45) is 1.87. The molecule has 1 saturated heterocycles. The van der Waals surface area contributed by atoms with Gasteiger partial charge in [-0.15, -0.1) is 0 Å². The van der Waals surface area contributed by atoms with E-state index in [9.17, 15) is 9.18 Å². The van der Waals surface area contributed by atoms with Crippen LogP contribution in [0.4, 0.5) is 10.1 Å². The van der Waals surface area contributed by atoms with Crippen LogP contribution in [0.2, 0.25) is 0 Å². The van der Waals surface area contributed by atoms with Crippen LogP contribution in [-0.4, -0.2) is 30.4 Å². The lowest BCUT2D eigenvalue weighted by molar-refractivity contribution is -0.121. The standard InChI is InChI=1S/C22H28FN3O/c1-2-24-14-18-8-3-4-11-21(18)25-22(27)19-9-6-12-26(16-19)15-17-7-5-10-20(23)13-17/h3-5,7-8,10-11,13,19,24H,2,6,9,12,14-16H2,1H3,(H,25,27). The number of nitrogens with zero attached hydrogens (tertiary/aromatic N) is 1. The molecule has 5 heteroatoms. The molecule has 144 valence electrons. The van der Waals surface area contributed by atoms with Gasteiger partial charge in [0.15, 0.2) is 0 Å². The van der Waals surface area contributed by atoms with Crippen molar-refractivity contribution in [1.82, 2.24) is 10.2 Å². The van der Waals surface area contributed by atoms with Crippen LogP contribution in [0, 0.1) is 11.7 Å². The number of rotatable bonds is 7. The predicted octanol–water partition coefficient (Wildman–Crippen LogP) is 3.79. The number of hydrogen-bond acceptors (Lipinski definition) is 3. The number of nitrogens with one attached hydrogen (secondary N) is 2. The van der Waals surface area contributed by atoms with Crippen LogP contribution in [0.3, 0.4) is 0 Å². The van der Waals surface area contributed by atoms with Gasteiger partial charge in [0.05, 0.1) is 5.92 Å². The van der Waals surface area contributed by atoms with Gasteiger partial charge < -0.3 is 10.6 Å². The third-order valence-electron chi connectivity index (χ3n) is 5.01. The Morgan fingerprint density at radius 1 is 1.22 bits per heavy atom. The molecule has 1 amide bonds. The molecule has 2 N–H and O–H groups in total. The van der Waals surface area contributed by atoms with Crippen LogP contribution >= 0.6 is 0 Å². The van der Waals surface area contributed by atoms with Crippen LogP contribution < -0.4 is 10.6 Å². The molecule has 27 heavy (non-hydrogen) atoms. The van der Waals surface area contributed by atoms with E-state index >= 15 is 0 Å². The van der Waals surface area contributed by atoms with Crippen molar-refractivity contribution in [3.63, 3.8) is 0 Å². The Bertz CT molecular complexity index is 765. The average molecular weight is 369 g/mol. The second-order valence-corrected chi connectivity index (χ2v) is 7.13. The lowest BCUT2D eigenvalue weighted by Crippen LogP contribution is -2.40. The number of hydrogen-bond donors (Lipinski definition) is 2. The average Bonchev–Trinajstić information content (AvgIpc) is 2.67. The van der Waals surface area contributed by atoms with E-state index in [1.807, 2.05) is 30.3 Å². The minimum Gasteiger partial charge on any atom is -0.326 e. The number of carbonyl (C=O) groups is 1. The molecule has 1 aliphatic heterocycles. The smallest absolute Gasteiger partial charge is 0.228 e. The van der Waals surface area contributed by atoms with Gasteiger partial charge in [-0.05, 0) is 55.3 Å². The summed E-state index contributed by atoms with van der Waals surface area (Å²) in [6, 6.07) is 14.6. The molecule has 0 aliphatic carbocycles. The molecule has 0 bridgehead atoms. The molecule has 0 aromatic heterocycles. The zero-order valence-corrected chi connectivity index (χ0v) is 15.9. The summed E-state index contributed by atoms with van der Waals surface area (Å²) >= 11 is 0. The first kappa shape index (κ1) is 19.5. The number of piperidine rings is 1. The van der Waals surface area contributed by atoms with Gasteiger partial charge in [-0.1, -0.05) is 37.3 Å². The molecule has 3 rings (SSSR count). The highest BCUT2D eigenvalue weighted by molar-refractivity contribution is 5.93. The SMILES string of the molecule is CCNCc1ccccc1NC(=O)C1CCCN(Cc2cccc(F)c2)C1. The van der Waals surface area contributed by atoms with Crippen LogP contribution in [0.5, 0.6) is 0 Å². The Hall–Kier alpha value is -2.24. The van der Waals surface area contributed by atoms with Crippen molar-refractivity contribution in [3.8, 4) is 0 Å². The molecule has 1 unspecified atom stereocenters. The van der Waals surface area contributed by atoms with Crippen molar-refractivity contribution >= 4 is 11.6 Å². The van der Waals surface area contributed by atoms with Crippen molar-refractivity contribution in [2.24, 2.45) is 5.92 Å². The topological polar surface area (TPSA) is 44.4 Å². The van der Waals surface area contributed by atoms with Crippen LogP contribution in [-0.2, 0) is 17.9 Å². The van der Waals surface area contributed by atoms with Crippen LogP contribution in [0.25, 0.3) is 0 Å². The first-order valence-corrected chi connectivity index (χ1v) is 9.72. The minimum absolute atomic E-state index is 0.0421. The Balaban J connectivity index is 1.60. The Morgan fingerprint density at radius 2 is 2.07 bits per heavy atom. The fourth-order valence-corrected chi connectivity index (χ4v) is 3.60. The summed E-state index contributed by atoms with van der Waals surface area (Å²) in [5.74, 6) is -0.182. The number of likely N-dealkylation sites (tertiary alicyclic amines) is 1. The van der Waals surface area contributed by atoms with E-state index in [-0.39, 0.29) is 17.6 Å². The molecule has 0 radical (unpaired) electrons. The summed E-state index contributed by atoms with van der Waals surface area (Å²) < 4.78 is 13.4. The lowest BCUT2D eigenvalue weighted by Gasteiger charge is -2.32. The zero-order valence-electron chi connectivity index (χ0n) is 15.9. The fourth-order valence-electron chi connectivity index (χ4n) is 3.60. The first-order valence-electron chi connectivity index (χ1n) is 9.72. The van der Waals surface area contributed by atoms with E-state index in [2.05, 4.69) is 22.5 Å². The van der Waals surface area contributed by atoms with Gasteiger partial charge in [0.2, 0.25) is 5.91 Å². The number of halogens is 1. The predicted molar refractivity (Wildman–Crippen MR) is 107 cm³/mol. The van der Waals surface area contributed by atoms with Gasteiger partial charge in [-0.25, -0.2) is 4.39 Å². The Labute approximate surface area is 160 Å². The lowest BCUT2D eigenvalue weighted by atomic mass is 9.96. The Morgan fingerprint density at radius 3 is 2.89 bits per heavy atom. The summed E-state index contributed by atoms with van der Waals surface area (Å²) in [5.41, 5.74) is 2.93. The van der Waals surface area contributed by atoms with Gasteiger partial charge >= 0.3 is 0 Å². The van der Waals surface area contributed by atoms with Gasteiger partial charge in [0, 0.05) is 25.3 Å². The maximum absolute atomic E-state index is 13.4. The highest BCUT2D eigenvalue weighted by Gasteiger charge is 2.26. The maximum Gasteiger partial charge on any atom is 0.228 e. The maximum atomic E-state index is 13.4. The fraction of sp³-hybridized carbons (Fsp3) is 0.409. The number of amides is 1. The monoisotopic (exact) mass is 369 g/mol. The van der Waals surface area contributed by atoms with Crippen LogP contribution in [0.15, 0.2) is 48.5 Å².